The van der Waals surface area contributed by atoms with Crippen LogP contribution in [-0.4, -0.2) is 29.2 Å². The lowest BCUT2D eigenvalue weighted by Gasteiger charge is -2.23. The van der Waals surface area contributed by atoms with Gasteiger partial charge in [-0.05, 0) is 31.0 Å². The lowest BCUT2D eigenvalue weighted by molar-refractivity contribution is 0.152. The second-order valence-corrected chi connectivity index (χ2v) is 4.58. The minimum absolute atomic E-state index is 0.151. The molecule has 3 N–H and O–H groups in total. The van der Waals surface area contributed by atoms with Gasteiger partial charge in [0, 0.05) is 24.7 Å². The third kappa shape index (κ3) is 2.83. The molecule has 0 saturated carbocycles. The normalized spacial score (nSPS) is 21.0. The van der Waals surface area contributed by atoms with Gasteiger partial charge in [0.2, 0.25) is 0 Å². The van der Waals surface area contributed by atoms with Crippen LogP contribution < -0.4 is 5.73 Å². The Labute approximate surface area is 101 Å². The van der Waals surface area contributed by atoms with Gasteiger partial charge >= 0.3 is 0 Å². The van der Waals surface area contributed by atoms with Crippen LogP contribution in [0.25, 0.3) is 0 Å². The Balaban J connectivity index is 2.12. The van der Waals surface area contributed by atoms with Crippen molar-refractivity contribution in [2.45, 2.75) is 32.0 Å². The van der Waals surface area contributed by atoms with Gasteiger partial charge in [0.25, 0.3) is 0 Å². The van der Waals surface area contributed by atoms with Gasteiger partial charge in [-0.1, -0.05) is 12.1 Å². The zero-order valence-electron chi connectivity index (χ0n) is 9.90. The molecule has 1 aromatic rings. The van der Waals surface area contributed by atoms with E-state index in [0.717, 1.165) is 24.9 Å². The van der Waals surface area contributed by atoms with Crippen LogP contribution in [0.3, 0.4) is 0 Å². The molecule has 1 unspecified atom stereocenters. The van der Waals surface area contributed by atoms with Crippen molar-refractivity contribution >= 4 is 0 Å². The summed E-state index contributed by atoms with van der Waals surface area (Å²) in [6, 6.07) is 5.19. The first-order valence-corrected chi connectivity index (χ1v) is 6.07. The molecule has 4 heteroatoms. The van der Waals surface area contributed by atoms with Gasteiger partial charge in [0.1, 0.15) is 5.82 Å². The second-order valence-electron chi connectivity index (χ2n) is 4.58. The Morgan fingerprint density at radius 2 is 2.29 bits per heavy atom. The van der Waals surface area contributed by atoms with Crippen LogP contribution in [0.15, 0.2) is 18.2 Å². The van der Waals surface area contributed by atoms with Gasteiger partial charge in [-0.15, -0.1) is 0 Å². The summed E-state index contributed by atoms with van der Waals surface area (Å²) >= 11 is 0. The monoisotopic (exact) mass is 238 g/mol. The Bertz CT molecular complexity index is 384. The molecule has 3 nitrogen and oxygen atoms in total. The van der Waals surface area contributed by atoms with Crippen LogP contribution in [0.4, 0.5) is 4.39 Å². The minimum atomic E-state index is -0.189. The SMILES string of the molecule is NCc1ccc(F)c(CN2CCCC2CO)c1. The number of rotatable bonds is 4. The quantitative estimate of drug-likeness (QED) is 0.829. The molecular weight excluding hydrogens is 219 g/mol. The molecule has 1 aromatic carbocycles. The molecule has 1 heterocycles. The summed E-state index contributed by atoms with van der Waals surface area (Å²) in [5.74, 6) is -0.189. The molecular formula is C13H19FN2O. The van der Waals surface area contributed by atoms with Crippen LogP contribution in [-0.2, 0) is 13.1 Å². The van der Waals surface area contributed by atoms with Crippen molar-refractivity contribution in [1.29, 1.82) is 0 Å². The minimum Gasteiger partial charge on any atom is -0.395 e. The van der Waals surface area contributed by atoms with Crippen molar-refractivity contribution in [3.05, 3.63) is 35.1 Å². The fraction of sp³-hybridized carbons (Fsp3) is 0.538. The largest absolute Gasteiger partial charge is 0.395 e. The van der Waals surface area contributed by atoms with Crippen molar-refractivity contribution < 1.29 is 9.50 Å². The molecule has 17 heavy (non-hydrogen) atoms. The highest BCUT2D eigenvalue weighted by Crippen LogP contribution is 2.21. The van der Waals surface area contributed by atoms with E-state index >= 15 is 0 Å². The van der Waals surface area contributed by atoms with E-state index < -0.39 is 0 Å². The van der Waals surface area contributed by atoms with Crippen molar-refractivity contribution in [1.82, 2.24) is 4.90 Å². The Hall–Kier alpha value is -0.970. The van der Waals surface area contributed by atoms with Crippen LogP contribution in [0, 0.1) is 5.82 Å². The van der Waals surface area contributed by atoms with E-state index in [1.807, 2.05) is 6.07 Å². The number of hydrogen-bond donors (Lipinski definition) is 2. The van der Waals surface area contributed by atoms with Crippen LogP contribution in [0.2, 0.25) is 0 Å². The fourth-order valence-corrected chi connectivity index (χ4v) is 2.41. The standard InChI is InChI=1S/C13H19FN2O/c14-13-4-3-10(7-15)6-11(13)8-16-5-1-2-12(16)9-17/h3-4,6,12,17H,1-2,5,7-9,15H2. The van der Waals surface area contributed by atoms with Crippen LogP contribution >= 0.6 is 0 Å². The Morgan fingerprint density at radius 3 is 3.00 bits per heavy atom. The number of halogens is 1. The van der Waals surface area contributed by atoms with Crippen molar-refractivity contribution in [2.24, 2.45) is 5.73 Å². The molecule has 0 radical (unpaired) electrons. The highest BCUT2D eigenvalue weighted by Gasteiger charge is 2.24. The molecule has 2 rings (SSSR count). The van der Waals surface area contributed by atoms with E-state index in [0.29, 0.717) is 18.7 Å². The van der Waals surface area contributed by atoms with Gasteiger partial charge in [-0.25, -0.2) is 4.39 Å². The van der Waals surface area contributed by atoms with Crippen molar-refractivity contribution in [3.8, 4) is 0 Å². The summed E-state index contributed by atoms with van der Waals surface area (Å²) in [7, 11) is 0. The molecule has 1 saturated heterocycles. The van der Waals surface area contributed by atoms with E-state index in [4.69, 9.17) is 5.73 Å². The van der Waals surface area contributed by atoms with Gasteiger partial charge in [0.15, 0.2) is 0 Å². The third-order valence-corrected chi connectivity index (χ3v) is 3.43. The number of nitrogens with two attached hydrogens (primary N) is 1. The average molecular weight is 238 g/mol. The smallest absolute Gasteiger partial charge is 0.127 e. The van der Waals surface area contributed by atoms with Gasteiger partial charge in [-0.2, -0.15) is 0 Å². The molecule has 0 aliphatic carbocycles. The van der Waals surface area contributed by atoms with E-state index in [1.165, 1.54) is 6.07 Å². The van der Waals surface area contributed by atoms with Crippen LogP contribution in [0.5, 0.6) is 0 Å². The predicted molar refractivity (Wildman–Crippen MR) is 64.8 cm³/mol. The predicted octanol–water partition coefficient (Wildman–Crippen LogP) is 1.24. The molecule has 94 valence electrons. The summed E-state index contributed by atoms with van der Waals surface area (Å²) in [5, 5.41) is 9.23. The first-order chi connectivity index (χ1) is 8.24. The number of aliphatic hydroxyl groups excluding tert-OH is 1. The molecule has 0 bridgehead atoms. The Morgan fingerprint density at radius 1 is 1.47 bits per heavy atom. The molecule has 1 fully saturated rings. The highest BCUT2D eigenvalue weighted by molar-refractivity contribution is 5.25. The zero-order valence-corrected chi connectivity index (χ0v) is 9.90. The fourth-order valence-electron chi connectivity index (χ4n) is 2.41. The molecule has 1 atom stereocenters. The maximum atomic E-state index is 13.7. The van der Waals surface area contributed by atoms with Gasteiger partial charge in [0.05, 0.1) is 6.61 Å². The first-order valence-electron chi connectivity index (χ1n) is 6.07. The number of aliphatic hydroxyl groups is 1. The third-order valence-electron chi connectivity index (χ3n) is 3.43. The van der Waals surface area contributed by atoms with E-state index in [1.54, 1.807) is 6.07 Å². The molecule has 0 aromatic heterocycles. The number of benzene rings is 1. The maximum Gasteiger partial charge on any atom is 0.127 e. The number of nitrogens with zero attached hydrogens (tertiary/aromatic N) is 1. The molecule has 1 aliphatic heterocycles. The van der Waals surface area contributed by atoms with E-state index in [2.05, 4.69) is 4.90 Å². The van der Waals surface area contributed by atoms with E-state index in [-0.39, 0.29) is 18.5 Å². The zero-order chi connectivity index (χ0) is 12.3. The summed E-state index contributed by atoms with van der Waals surface area (Å²) < 4.78 is 13.7. The van der Waals surface area contributed by atoms with Crippen molar-refractivity contribution in [3.63, 3.8) is 0 Å². The number of likely N-dealkylation sites (tertiary alicyclic amines) is 1. The first kappa shape index (κ1) is 12.5. The van der Waals surface area contributed by atoms with E-state index in [9.17, 15) is 9.50 Å². The molecule has 1 aliphatic rings. The topological polar surface area (TPSA) is 49.5 Å². The summed E-state index contributed by atoms with van der Waals surface area (Å²) in [6.45, 7) is 2.07. The highest BCUT2D eigenvalue weighted by atomic mass is 19.1. The lowest BCUT2D eigenvalue weighted by atomic mass is 10.1. The average Bonchev–Trinajstić information content (AvgIpc) is 2.79. The lowest BCUT2D eigenvalue weighted by Crippen LogP contribution is -2.32. The summed E-state index contributed by atoms with van der Waals surface area (Å²) in [6.07, 6.45) is 2.07. The summed E-state index contributed by atoms with van der Waals surface area (Å²) in [4.78, 5) is 2.14. The molecule has 0 amide bonds. The summed E-state index contributed by atoms with van der Waals surface area (Å²) in [5.41, 5.74) is 7.17. The Kier molecular flexibility index (Phi) is 4.10. The number of hydrogen-bond acceptors (Lipinski definition) is 3. The van der Waals surface area contributed by atoms with Crippen LogP contribution in [0.1, 0.15) is 24.0 Å². The van der Waals surface area contributed by atoms with Gasteiger partial charge in [-0.3, -0.25) is 4.90 Å². The molecule has 0 spiro atoms. The second kappa shape index (κ2) is 5.58. The maximum absolute atomic E-state index is 13.7. The van der Waals surface area contributed by atoms with Crippen molar-refractivity contribution in [2.75, 3.05) is 13.2 Å². The van der Waals surface area contributed by atoms with Gasteiger partial charge < -0.3 is 10.8 Å².